The van der Waals surface area contributed by atoms with Crippen molar-refractivity contribution in [2.75, 3.05) is 0 Å². The zero-order valence-electron chi connectivity index (χ0n) is 11.9. The zero-order chi connectivity index (χ0) is 16.0. The van der Waals surface area contributed by atoms with Crippen molar-refractivity contribution in [3.63, 3.8) is 0 Å². The summed E-state index contributed by atoms with van der Waals surface area (Å²) in [5.74, 6) is -2.01. The van der Waals surface area contributed by atoms with E-state index in [1.165, 1.54) is 0 Å². The summed E-state index contributed by atoms with van der Waals surface area (Å²) < 4.78 is 0. The number of rotatable bonds is 6. The molecule has 0 spiro atoms. The number of carbonyl (C=O) groups is 3. The van der Waals surface area contributed by atoms with Crippen LogP contribution in [-0.4, -0.2) is 29.1 Å². The van der Waals surface area contributed by atoms with Gasteiger partial charge in [-0.3, -0.25) is 4.79 Å². The molecular formula is C14H19N3O4. The molecule has 1 aromatic carbocycles. The molecule has 2 atom stereocenters. The van der Waals surface area contributed by atoms with Crippen molar-refractivity contribution in [1.29, 1.82) is 0 Å². The van der Waals surface area contributed by atoms with Crippen LogP contribution < -0.4 is 16.4 Å². The summed E-state index contributed by atoms with van der Waals surface area (Å²) in [6.07, 6.45) is 0. The fourth-order valence-corrected chi connectivity index (χ4v) is 1.85. The van der Waals surface area contributed by atoms with Gasteiger partial charge in [-0.15, -0.1) is 0 Å². The van der Waals surface area contributed by atoms with Crippen molar-refractivity contribution in [1.82, 2.24) is 10.6 Å². The number of nitrogens with two attached hydrogens (primary N) is 1. The fraction of sp³-hybridized carbons (Fsp3) is 0.357. The van der Waals surface area contributed by atoms with E-state index in [1.807, 2.05) is 0 Å². The maximum Gasteiger partial charge on any atom is 0.330 e. The van der Waals surface area contributed by atoms with Gasteiger partial charge in [0.25, 0.3) is 0 Å². The van der Waals surface area contributed by atoms with E-state index in [-0.39, 0.29) is 5.92 Å². The molecule has 0 aromatic heterocycles. The van der Waals surface area contributed by atoms with Gasteiger partial charge in [0.2, 0.25) is 5.91 Å². The van der Waals surface area contributed by atoms with Gasteiger partial charge < -0.3 is 21.5 Å². The third kappa shape index (κ3) is 4.79. The molecule has 1 rings (SSSR count). The van der Waals surface area contributed by atoms with Crippen LogP contribution >= 0.6 is 0 Å². The number of carboxylic acids is 1. The molecule has 0 aliphatic carbocycles. The second-order valence-electron chi connectivity index (χ2n) is 4.92. The van der Waals surface area contributed by atoms with Gasteiger partial charge in [-0.2, -0.15) is 0 Å². The van der Waals surface area contributed by atoms with Gasteiger partial charge in [0.1, 0.15) is 6.04 Å². The molecule has 21 heavy (non-hydrogen) atoms. The molecule has 114 valence electrons. The lowest BCUT2D eigenvalue weighted by Gasteiger charge is -2.23. The van der Waals surface area contributed by atoms with Crippen LogP contribution in [0.3, 0.4) is 0 Å². The maximum absolute atomic E-state index is 12.2. The summed E-state index contributed by atoms with van der Waals surface area (Å²) in [6, 6.07) is 5.39. The van der Waals surface area contributed by atoms with Crippen LogP contribution in [0.1, 0.15) is 25.5 Å². The Bertz CT molecular complexity index is 516. The average molecular weight is 293 g/mol. The molecule has 0 fully saturated rings. The Balaban J connectivity index is 2.90. The number of hydrogen-bond acceptors (Lipinski definition) is 3. The molecule has 0 aliphatic rings. The van der Waals surface area contributed by atoms with Crippen LogP contribution in [0.25, 0.3) is 0 Å². The van der Waals surface area contributed by atoms with Crippen molar-refractivity contribution < 1.29 is 19.5 Å². The lowest BCUT2D eigenvalue weighted by atomic mass is 10.0. The molecule has 7 nitrogen and oxygen atoms in total. The van der Waals surface area contributed by atoms with Crippen molar-refractivity contribution >= 4 is 17.9 Å². The number of primary amides is 1. The first-order valence-corrected chi connectivity index (χ1v) is 6.47. The van der Waals surface area contributed by atoms with Crippen molar-refractivity contribution in [3.8, 4) is 0 Å². The summed E-state index contributed by atoms with van der Waals surface area (Å²) in [4.78, 5) is 34.4. The van der Waals surface area contributed by atoms with Crippen molar-refractivity contribution in [2.24, 2.45) is 11.7 Å². The van der Waals surface area contributed by atoms with Gasteiger partial charge in [-0.25, -0.2) is 9.59 Å². The first-order valence-electron chi connectivity index (χ1n) is 6.47. The molecule has 5 N–H and O–H groups in total. The minimum atomic E-state index is -1.19. The number of nitrogens with one attached hydrogen (secondary N) is 2. The molecule has 0 radical (unpaired) electrons. The minimum absolute atomic E-state index is 0.234. The second-order valence-corrected chi connectivity index (χ2v) is 4.92. The van der Waals surface area contributed by atoms with Crippen LogP contribution in [0.4, 0.5) is 4.79 Å². The molecule has 0 saturated heterocycles. The van der Waals surface area contributed by atoms with Crippen LogP contribution in [0.5, 0.6) is 0 Å². The highest BCUT2D eigenvalue weighted by molar-refractivity contribution is 5.90. The number of carbonyl (C=O) groups excluding carboxylic acids is 2. The van der Waals surface area contributed by atoms with E-state index in [4.69, 9.17) is 5.73 Å². The van der Waals surface area contributed by atoms with Gasteiger partial charge in [0.15, 0.2) is 6.04 Å². The standard InChI is InChI=1S/C14H19N3O4/c1-8(2)10(17-14(15)21)12(18)16-11(13(19)20)9-6-4-3-5-7-9/h3-8,10-11H,1-2H3,(H,16,18)(H,19,20)(H3,15,17,21)/t10?,11-/m0/s1. The Kier molecular flexibility index (Phi) is 5.71. The maximum atomic E-state index is 12.2. The number of amides is 3. The Morgan fingerprint density at radius 1 is 1.10 bits per heavy atom. The van der Waals surface area contributed by atoms with Crippen molar-refractivity contribution in [3.05, 3.63) is 35.9 Å². The second kappa shape index (κ2) is 7.28. The summed E-state index contributed by atoms with van der Waals surface area (Å²) >= 11 is 0. The van der Waals surface area contributed by atoms with Gasteiger partial charge in [-0.05, 0) is 11.5 Å². The van der Waals surface area contributed by atoms with E-state index in [9.17, 15) is 19.5 Å². The summed E-state index contributed by atoms with van der Waals surface area (Å²) in [6.45, 7) is 3.44. The van der Waals surface area contributed by atoms with Crippen LogP contribution in [-0.2, 0) is 9.59 Å². The highest BCUT2D eigenvalue weighted by atomic mass is 16.4. The van der Waals surface area contributed by atoms with E-state index < -0.39 is 30.0 Å². The quantitative estimate of drug-likeness (QED) is 0.614. The lowest BCUT2D eigenvalue weighted by Crippen LogP contribution is -2.52. The molecule has 0 aliphatic heterocycles. The van der Waals surface area contributed by atoms with Crippen molar-refractivity contribution in [2.45, 2.75) is 25.9 Å². The first kappa shape index (κ1) is 16.5. The first-order chi connectivity index (χ1) is 9.82. The predicted octanol–water partition coefficient (Wildman–Crippen LogP) is 0.621. The minimum Gasteiger partial charge on any atom is -0.479 e. The van der Waals surface area contributed by atoms with E-state index in [0.29, 0.717) is 5.56 Å². The number of urea groups is 1. The van der Waals surface area contributed by atoms with E-state index in [0.717, 1.165) is 0 Å². The van der Waals surface area contributed by atoms with Gasteiger partial charge in [0, 0.05) is 0 Å². The topological polar surface area (TPSA) is 122 Å². The Morgan fingerprint density at radius 3 is 2.10 bits per heavy atom. The molecule has 3 amide bonds. The summed E-state index contributed by atoms with van der Waals surface area (Å²) in [7, 11) is 0. The third-order valence-corrected chi connectivity index (χ3v) is 2.91. The average Bonchev–Trinajstić information content (AvgIpc) is 2.42. The monoisotopic (exact) mass is 293 g/mol. The Labute approximate surface area is 122 Å². The van der Waals surface area contributed by atoms with Gasteiger partial charge >= 0.3 is 12.0 Å². The number of aliphatic carboxylic acids is 1. The SMILES string of the molecule is CC(C)C(NC(N)=O)C(=O)N[C@H](C(=O)O)c1ccccc1. The van der Waals surface area contributed by atoms with Crippen LogP contribution in [0.2, 0.25) is 0 Å². The Morgan fingerprint density at radius 2 is 1.67 bits per heavy atom. The van der Waals surface area contributed by atoms with Gasteiger partial charge in [-0.1, -0.05) is 44.2 Å². The normalized spacial score (nSPS) is 13.3. The highest BCUT2D eigenvalue weighted by Gasteiger charge is 2.28. The molecule has 0 saturated carbocycles. The summed E-state index contributed by atoms with van der Waals surface area (Å²) in [5, 5.41) is 14.0. The lowest BCUT2D eigenvalue weighted by molar-refractivity contribution is -0.142. The predicted molar refractivity (Wildman–Crippen MR) is 76.3 cm³/mol. The molecule has 0 bridgehead atoms. The molecule has 1 unspecified atom stereocenters. The van der Waals surface area contributed by atoms with Gasteiger partial charge in [0.05, 0.1) is 0 Å². The number of carboxylic acid groups (broad SMARTS) is 1. The smallest absolute Gasteiger partial charge is 0.330 e. The zero-order valence-corrected chi connectivity index (χ0v) is 11.9. The highest BCUT2D eigenvalue weighted by Crippen LogP contribution is 2.14. The largest absolute Gasteiger partial charge is 0.479 e. The molecule has 7 heteroatoms. The third-order valence-electron chi connectivity index (χ3n) is 2.91. The molecular weight excluding hydrogens is 274 g/mol. The number of hydrogen-bond donors (Lipinski definition) is 4. The fourth-order valence-electron chi connectivity index (χ4n) is 1.85. The summed E-state index contributed by atoms with van der Waals surface area (Å²) in [5.41, 5.74) is 5.47. The molecule has 1 aromatic rings. The van der Waals surface area contributed by atoms with E-state index >= 15 is 0 Å². The Hall–Kier alpha value is -2.57. The van der Waals surface area contributed by atoms with Crippen LogP contribution in [0.15, 0.2) is 30.3 Å². The van der Waals surface area contributed by atoms with Crippen LogP contribution in [0, 0.1) is 5.92 Å². The number of benzene rings is 1. The van der Waals surface area contributed by atoms with E-state index in [1.54, 1.807) is 44.2 Å². The molecule has 0 heterocycles. The van der Waals surface area contributed by atoms with E-state index in [2.05, 4.69) is 10.6 Å².